The van der Waals surface area contributed by atoms with E-state index in [-0.39, 0.29) is 17.9 Å². The maximum atomic E-state index is 11.9. The first-order valence-electron chi connectivity index (χ1n) is 6.91. The first-order chi connectivity index (χ1) is 9.19. The van der Waals surface area contributed by atoms with Crippen molar-refractivity contribution < 1.29 is 14.3 Å². The molecule has 0 aromatic rings. The molecule has 0 aromatic carbocycles. The van der Waals surface area contributed by atoms with Crippen molar-refractivity contribution in [3.8, 4) is 0 Å². The Morgan fingerprint density at radius 2 is 1.80 bits per heavy atom. The molecule has 1 rings (SSSR count). The summed E-state index contributed by atoms with van der Waals surface area (Å²) in [6, 6.07) is 0. The third-order valence-corrected chi connectivity index (χ3v) is 2.91. The summed E-state index contributed by atoms with van der Waals surface area (Å²) in [5.74, 6) is -0.201. The molecule has 0 spiro atoms. The lowest BCUT2D eigenvalue weighted by Gasteiger charge is -2.32. The van der Waals surface area contributed by atoms with Gasteiger partial charge in [-0.2, -0.15) is 0 Å². The second-order valence-corrected chi connectivity index (χ2v) is 6.29. The number of rotatable bonds is 2. The second-order valence-electron chi connectivity index (χ2n) is 6.29. The van der Waals surface area contributed by atoms with Gasteiger partial charge in [-0.05, 0) is 33.6 Å². The molecule has 0 radical (unpaired) electrons. The smallest absolute Gasteiger partial charge is 0.410 e. The summed E-state index contributed by atoms with van der Waals surface area (Å²) in [4.78, 5) is 31.0. The van der Waals surface area contributed by atoms with Gasteiger partial charge in [-0.1, -0.05) is 0 Å². The van der Waals surface area contributed by atoms with Crippen molar-refractivity contribution in [2.24, 2.45) is 10.9 Å². The summed E-state index contributed by atoms with van der Waals surface area (Å²) in [5, 5.41) is 0. The summed E-state index contributed by atoms with van der Waals surface area (Å²) >= 11 is 0. The topological polar surface area (TPSA) is 62.2 Å². The van der Waals surface area contributed by atoms with Crippen LogP contribution < -0.4 is 0 Å². The van der Waals surface area contributed by atoms with Gasteiger partial charge in [-0.25, -0.2) is 9.79 Å². The van der Waals surface area contributed by atoms with Crippen LogP contribution in [0.25, 0.3) is 0 Å². The fourth-order valence-electron chi connectivity index (χ4n) is 1.91. The maximum absolute atomic E-state index is 11.9. The maximum Gasteiger partial charge on any atom is 0.410 e. The monoisotopic (exact) mass is 283 g/mol. The SMILES string of the molecule is CN(C)C=NC(=O)C1CCN(C(=O)OC(C)(C)C)CC1. The zero-order chi connectivity index (χ0) is 15.3. The third-order valence-electron chi connectivity index (χ3n) is 2.91. The molecular weight excluding hydrogens is 258 g/mol. The highest BCUT2D eigenvalue weighted by Crippen LogP contribution is 2.20. The first kappa shape index (κ1) is 16.5. The molecule has 0 aromatic heterocycles. The van der Waals surface area contributed by atoms with Crippen molar-refractivity contribution in [1.29, 1.82) is 0 Å². The molecule has 0 aliphatic carbocycles. The van der Waals surface area contributed by atoms with E-state index < -0.39 is 5.60 Å². The molecule has 6 heteroatoms. The Balaban J connectivity index is 2.44. The second kappa shape index (κ2) is 6.72. The van der Waals surface area contributed by atoms with Gasteiger partial charge >= 0.3 is 6.09 Å². The van der Waals surface area contributed by atoms with Gasteiger partial charge in [-0.15, -0.1) is 0 Å². The van der Waals surface area contributed by atoms with E-state index in [0.717, 1.165) is 0 Å². The summed E-state index contributed by atoms with van der Waals surface area (Å²) in [6.45, 7) is 6.62. The van der Waals surface area contributed by atoms with E-state index in [1.807, 2.05) is 34.9 Å². The van der Waals surface area contributed by atoms with Crippen molar-refractivity contribution in [3.05, 3.63) is 0 Å². The molecule has 1 aliphatic rings. The standard InChI is InChI=1S/C14H25N3O3/c1-14(2,3)20-13(19)17-8-6-11(7-9-17)12(18)15-10-16(4)5/h10-11H,6-9H2,1-5H3. The number of carbonyl (C=O) groups is 2. The highest BCUT2D eigenvalue weighted by Gasteiger charge is 2.29. The van der Waals surface area contributed by atoms with E-state index in [2.05, 4.69) is 4.99 Å². The van der Waals surface area contributed by atoms with Crippen molar-refractivity contribution in [2.45, 2.75) is 39.2 Å². The number of aliphatic imine (C=N–C) groups is 1. The molecule has 1 fully saturated rings. The molecule has 2 amide bonds. The highest BCUT2D eigenvalue weighted by atomic mass is 16.6. The Kier molecular flexibility index (Phi) is 5.53. The van der Waals surface area contributed by atoms with Crippen LogP contribution in [0.4, 0.5) is 4.79 Å². The number of nitrogens with zero attached hydrogens (tertiary/aromatic N) is 3. The Morgan fingerprint density at radius 1 is 1.25 bits per heavy atom. The Bertz CT molecular complexity index is 378. The zero-order valence-electron chi connectivity index (χ0n) is 13.0. The molecule has 0 N–H and O–H groups in total. The molecule has 0 saturated carbocycles. The number of likely N-dealkylation sites (tertiary alicyclic amines) is 1. The van der Waals surface area contributed by atoms with Gasteiger partial charge in [0, 0.05) is 33.1 Å². The van der Waals surface area contributed by atoms with E-state index in [1.54, 1.807) is 9.80 Å². The minimum atomic E-state index is -0.486. The molecule has 1 saturated heterocycles. The van der Waals surface area contributed by atoms with Crippen LogP contribution in [0.3, 0.4) is 0 Å². The number of hydrogen-bond donors (Lipinski definition) is 0. The van der Waals surface area contributed by atoms with E-state index >= 15 is 0 Å². The molecular formula is C14H25N3O3. The fraction of sp³-hybridized carbons (Fsp3) is 0.786. The molecule has 20 heavy (non-hydrogen) atoms. The van der Waals surface area contributed by atoms with Crippen molar-refractivity contribution >= 4 is 18.3 Å². The average molecular weight is 283 g/mol. The van der Waals surface area contributed by atoms with Gasteiger partial charge in [0.25, 0.3) is 0 Å². The quantitative estimate of drug-likeness (QED) is 0.572. The lowest BCUT2D eigenvalue weighted by Crippen LogP contribution is -2.42. The largest absolute Gasteiger partial charge is 0.444 e. The summed E-state index contributed by atoms with van der Waals surface area (Å²) in [7, 11) is 3.64. The number of amides is 2. The number of ether oxygens (including phenoxy) is 1. The Morgan fingerprint density at radius 3 is 2.25 bits per heavy atom. The first-order valence-corrected chi connectivity index (χ1v) is 6.91. The van der Waals surface area contributed by atoms with E-state index in [0.29, 0.717) is 25.9 Å². The molecule has 1 heterocycles. The van der Waals surface area contributed by atoms with Gasteiger partial charge < -0.3 is 14.5 Å². The summed E-state index contributed by atoms with van der Waals surface area (Å²) in [6.07, 6.45) is 2.49. The minimum Gasteiger partial charge on any atom is -0.444 e. The van der Waals surface area contributed by atoms with Crippen LogP contribution in [-0.2, 0) is 9.53 Å². The lowest BCUT2D eigenvalue weighted by molar-refractivity contribution is -0.123. The van der Waals surface area contributed by atoms with Gasteiger partial charge in [0.05, 0.1) is 6.34 Å². The normalized spacial score (nSPS) is 17.4. The van der Waals surface area contributed by atoms with Crippen LogP contribution in [0.5, 0.6) is 0 Å². The van der Waals surface area contributed by atoms with Crippen LogP contribution in [-0.4, -0.2) is 60.9 Å². The summed E-state index contributed by atoms with van der Waals surface area (Å²) < 4.78 is 5.32. The molecule has 1 aliphatic heterocycles. The lowest BCUT2D eigenvalue weighted by atomic mass is 9.96. The van der Waals surface area contributed by atoms with Gasteiger partial charge in [0.15, 0.2) is 0 Å². The van der Waals surface area contributed by atoms with Crippen molar-refractivity contribution in [1.82, 2.24) is 9.80 Å². The van der Waals surface area contributed by atoms with E-state index in [4.69, 9.17) is 4.74 Å². The number of piperidine rings is 1. The molecule has 0 unspecified atom stereocenters. The van der Waals surface area contributed by atoms with E-state index in [9.17, 15) is 9.59 Å². The zero-order valence-corrected chi connectivity index (χ0v) is 13.0. The van der Waals surface area contributed by atoms with Gasteiger partial charge in [0.1, 0.15) is 5.60 Å². The summed E-state index contributed by atoms with van der Waals surface area (Å²) in [5.41, 5.74) is -0.486. The Hall–Kier alpha value is -1.59. The van der Waals surface area contributed by atoms with Crippen LogP contribution in [0, 0.1) is 5.92 Å². The molecule has 6 nitrogen and oxygen atoms in total. The van der Waals surface area contributed by atoms with Crippen molar-refractivity contribution in [2.75, 3.05) is 27.2 Å². The fourth-order valence-corrected chi connectivity index (χ4v) is 1.91. The minimum absolute atomic E-state index is 0.0927. The third kappa shape index (κ3) is 5.59. The van der Waals surface area contributed by atoms with Gasteiger partial charge in [-0.3, -0.25) is 4.79 Å². The van der Waals surface area contributed by atoms with Crippen LogP contribution in [0.1, 0.15) is 33.6 Å². The van der Waals surface area contributed by atoms with E-state index in [1.165, 1.54) is 6.34 Å². The number of hydrogen-bond acceptors (Lipinski definition) is 3. The Labute approximate surface area is 120 Å². The van der Waals surface area contributed by atoms with Crippen LogP contribution in [0.15, 0.2) is 4.99 Å². The van der Waals surface area contributed by atoms with Gasteiger partial charge in [0.2, 0.25) is 5.91 Å². The number of carbonyl (C=O) groups excluding carboxylic acids is 2. The average Bonchev–Trinajstić information content (AvgIpc) is 2.34. The van der Waals surface area contributed by atoms with Crippen LogP contribution in [0.2, 0.25) is 0 Å². The molecule has 114 valence electrons. The predicted octanol–water partition coefficient (Wildman–Crippen LogP) is 1.75. The highest BCUT2D eigenvalue weighted by molar-refractivity contribution is 5.86. The predicted molar refractivity (Wildman–Crippen MR) is 77.7 cm³/mol. The molecule has 0 bridgehead atoms. The van der Waals surface area contributed by atoms with Crippen LogP contribution >= 0.6 is 0 Å². The molecule has 0 atom stereocenters. The van der Waals surface area contributed by atoms with Crippen molar-refractivity contribution in [3.63, 3.8) is 0 Å².